The van der Waals surface area contributed by atoms with Crippen LogP contribution in [0.25, 0.3) is 22.1 Å². The Kier molecular flexibility index (Phi) is 4.38. The van der Waals surface area contributed by atoms with Gasteiger partial charge in [0, 0.05) is 5.69 Å². The van der Waals surface area contributed by atoms with Crippen LogP contribution in [-0.2, 0) is 0 Å². The number of benzene rings is 3. The molecule has 0 saturated carbocycles. The van der Waals surface area contributed by atoms with Crippen molar-refractivity contribution in [3.05, 3.63) is 83.0 Å². The summed E-state index contributed by atoms with van der Waals surface area (Å²) < 4.78 is 5.34. The number of rotatable bonds is 3. The van der Waals surface area contributed by atoms with Gasteiger partial charge in [-0.25, -0.2) is 0 Å². The molecule has 5 nitrogen and oxygen atoms in total. The molecule has 28 heavy (non-hydrogen) atoms. The average molecular weight is 367 g/mol. The first kappa shape index (κ1) is 17.5. The van der Waals surface area contributed by atoms with Gasteiger partial charge in [0.05, 0.1) is 17.0 Å². The number of hydrogen-bond acceptors (Lipinski definition) is 4. The van der Waals surface area contributed by atoms with Gasteiger partial charge in [-0.05, 0) is 60.9 Å². The number of hydrogen-bond donors (Lipinski definition) is 1. The van der Waals surface area contributed by atoms with E-state index in [1.54, 1.807) is 18.2 Å². The Balaban J connectivity index is 1.70. The zero-order chi connectivity index (χ0) is 19.7. The normalized spacial score (nSPS) is 10.6. The third-order valence-corrected chi connectivity index (χ3v) is 4.64. The predicted molar refractivity (Wildman–Crippen MR) is 108 cm³/mol. The monoisotopic (exact) mass is 367 g/mol. The standard InChI is InChI=1S/C23H17N3O2/c1-14-4-3-5-17(10-14)18-7-9-21-19(12-18)22(26-28-21)23(27)25-20-8-6-16(13-24)11-15(20)2/h3-12H,1-2H3,(H,25,27). The fourth-order valence-corrected chi connectivity index (χ4v) is 3.16. The molecule has 1 aromatic heterocycles. The number of nitrogens with one attached hydrogen (secondary N) is 1. The van der Waals surface area contributed by atoms with Crippen molar-refractivity contribution < 1.29 is 9.32 Å². The van der Waals surface area contributed by atoms with Crippen molar-refractivity contribution in [3.63, 3.8) is 0 Å². The number of carbonyl (C=O) groups is 1. The third-order valence-electron chi connectivity index (χ3n) is 4.64. The summed E-state index contributed by atoms with van der Waals surface area (Å²) in [4.78, 5) is 12.8. The van der Waals surface area contributed by atoms with Crippen molar-refractivity contribution in [2.75, 3.05) is 5.32 Å². The molecule has 0 aliphatic rings. The molecule has 3 aromatic carbocycles. The number of aryl methyl sites for hydroxylation is 2. The van der Waals surface area contributed by atoms with Gasteiger partial charge in [0.25, 0.3) is 5.91 Å². The van der Waals surface area contributed by atoms with E-state index >= 15 is 0 Å². The maximum absolute atomic E-state index is 12.8. The predicted octanol–water partition coefficient (Wildman–Crippen LogP) is 5.24. The van der Waals surface area contributed by atoms with E-state index in [-0.39, 0.29) is 11.6 Å². The van der Waals surface area contributed by atoms with Crippen molar-refractivity contribution in [2.24, 2.45) is 0 Å². The zero-order valence-electron chi connectivity index (χ0n) is 15.5. The highest BCUT2D eigenvalue weighted by molar-refractivity contribution is 6.11. The summed E-state index contributed by atoms with van der Waals surface area (Å²) in [5.41, 5.74) is 5.99. The second kappa shape index (κ2) is 7.01. The lowest BCUT2D eigenvalue weighted by Crippen LogP contribution is -2.13. The van der Waals surface area contributed by atoms with E-state index in [0.29, 0.717) is 22.2 Å². The lowest BCUT2D eigenvalue weighted by Gasteiger charge is -2.07. The van der Waals surface area contributed by atoms with E-state index in [0.717, 1.165) is 22.3 Å². The van der Waals surface area contributed by atoms with E-state index < -0.39 is 0 Å². The van der Waals surface area contributed by atoms with Crippen LogP contribution in [0.5, 0.6) is 0 Å². The summed E-state index contributed by atoms with van der Waals surface area (Å²) in [6, 6.07) is 21.1. The number of amides is 1. The van der Waals surface area contributed by atoms with Crippen LogP contribution < -0.4 is 5.32 Å². The smallest absolute Gasteiger partial charge is 0.278 e. The van der Waals surface area contributed by atoms with Crippen LogP contribution in [0.15, 0.2) is 65.2 Å². The fourth-order valence-electron chi connectivity index (χ4n) is 3.16. The molecule has 0 aliphatic carbocycles. The fraction of sp³-hybridized carbons (Fsp3) is 0.0870. The number of fused-ring (bicyclic) bond motifs is 1. The minimum atomic E-state index is -0.354. The van der Waals surface area contributed by atoms with Crippen LogP contribution in [0.2, 0.25) is 0 Å². The van der Waals surface area contributed by atoms with E-state index in [9.17, 15) is 4.79 Å². The summed E-state index contributed by atoms with van der Waals surface area (Å²) in [6.07, 6.45) is 0. The Hall–Kier alpha value is -3.91. The molecule has 0 saturated heterocycles. The van der Waals surface area contributed by atoms with Crippen LogP contribution in [0.1, 0.15) is 27.2 Å². The molecule has 4 aromatic rings. The Labute approximate surface area is 162 Å². The lowest BCUT2D eigenvalue weighted by atomic mass is 10.0. The molecule has 136 valence electrons. The van der Waals surface area contributed by atoms with Crippen molar-refractivity contribution in [3.8, 4) is 17.2 Å². The van der Waals surface area contributed by atoms with E-state index in [1.807, 2.05) is 50.2 Å². The molecule has 0 aliphatic heterocycles. The van der Waals surface area contributed by atoms with Gasteiger partial charge in [-0.2, -0.15) is 5.26 Å². The lowest BCUT2D eigenvalue weighted by molar-refractivity contribution is 0.102. The number of aromatic nitrogens is 1. The topological polar surface area (TPSA) is 78.9 Å². The second-order valence-corrected chi connectivity index (χ2v) is 6.71. The number of anilines is 1. The van der Waals surface area contributed by atoms with E-state index in [2.05, 4.69) is 22.6 Å². The van der Waals surface area contributed by atoms with Crippen LogP contribution in [-0.4, -0.2) is 11.1 Å². The van der Waals surface area contributed by atoms with Crippen molar-refractivity contribution >= 4 is 22.6 Å². The summed E-state index contributed by atoms with van der Waals surface area (Å²) in [7, 11) is 0. The number of carbonyl (C=O) groups excluding carboxylic acids is 1. The average Bonchev–Trinajstić information content (AvgIpc) is 3.12. The third kappa shape index (κ3) is 3.24. The first-order chi connectivity index (χ1) is 13.5. The Morgan fingerprint density at radius 2 is 1.86 bits per heavy atom. The summed E-state index contributed by atoms with van der Waals surface area (Å²) >= 11 is 0. The zero-order valence-corrected chi connectivity index (χ0v) is 15.5. The highest BCUT2D eigenvalue weighted by atomic mass is 16.5. The van der Waals surface area contributed by atoms with Crippen LogP contribution in [0.4, 0.5) is 5.69 Å². The molecule has 0 unspecified atom stereocenters. The molecule has 1 N–H and O–H groups in total. The van der Waals surface area contributed by atoms with Crippen LogP contribution in [0, 0.1) is 25.2 Å². The Morgan fingerprint density at radius 1 is 1.04 bits per heavy atom. The number of nitrogens with zero attached hydrogens (tertiary/aromatic N) is 2. The minimum absolute atomic E-state index is 0.230. The largest absolute Gasteiger partial charge is 0.355 e. The maximum atomic E-state index is 12.8. The molecular weight excluding hydrogens is 350 g/mol. The van der Waals surface area contributed by atoms with Gasteiger partial charge in [0.2, 0.25) is 0 Å². The van der Waals surface area contributed by atoms with Gasteiger partial charge in [-0.15, -0.1) is 0 Å². The molecule has 1 amide bonds. The minimum Gasteiger partial charge on any atom is -0.355 e. The van der Waals surface area contributed by atoms with Crippen molar-refractivity contribution in [1.82, 2.24) is 5.16 Å². The van der Waals surface area contributed by atoms with Gasteiger partial charge < -0.3 is 9.84 Å². The van der Waals surface area contributed by atoms with Crippen LogP contribution in [0.3, 0.4) is 0 Å². The second-order valence-electron chi connectivity index (χ2n) is 6.71. The highest BCUT2D eigenvalue weighted by Gasteiger charge is 2.18. The van der Waals surface area contributed by atoms with Gasteiger partial charge in [-0.1, -0.05) is 41.1 Å². The maximum Gasteiger partial charge on any atom is 0.278 e. The molecule has 4 rings (SSSR count). The van der Waals surface area contributed by atoms with Crippen molar-refractivity contribution in [1.29, 1.82) is 5.26 Å². The molecule has 0 bridgehead atoms. The SMILES string of the molecule is Cc1cccc(-c2ccc3onc(C(=O)Nc4ccc(C#N)cc4C)c3c2)c1. The van der Waals surface area contributed by atoms with Crippen molar-refractivity contribution in [2.45, 2.75) is 13.8 Å². The molecule has 0 fully saturated rings. The van der Waals surface area contributed by atoms with E-state index in [1.165, 1.54) is 0 Å². The molecule has 0 spiro atoms. The van der Waals surface area contributed by atoms with E-state index in [4.69, 9.17) is 9.78 Å². The van der Waals surface area contributed by atoms with Gasteiger partial charge in [0.1, 0.15) is 0 Å². The molecular formula is C23H17N3O2. The van der Waals surface area contributed by atoms with Gasteiger partial charge in [-0.3, -0.25) is 4.79 Å². The summed E-state index contributed by atoms with van der Waals surface area (Å²) in [5.74, 6) is -0.354. The first-order valence-electron chi connectivity index (χ1n) is 8.84. The summed E-state index contributed by atoms with van der Waals surface area (Å²) in [6.45, 7) is 3.88. The Morgan fingerprint density at radius 3 is 2.61 bits per heavy atom. The molecule has 0 radical (unpaired) electrons. The molecule has 0 atom stereocenters. The van der Waals surface area contributed by atoms with Crippen LogP contribution >= 0.6 is 0 Å². The highest BCUT2D eigenvalue weighted by Crippen LogP contribution is 2.28. The Bertz CT molecular complexity index is 1250. The van der Waals surface area contributed by atoms with Gasteiger partial charge in [0.15, 0.2) is 11.3 Å². The molecule has 1 heterocycles. The number of nitriles is 1. The summed E-state index contributed by atoms with van der Waals surface area (Å²) in [5, 5.41) is 16.5. The first-order valence-corrected chi connectivity index (χ1v) is 8.84. The van der Waals surface area contributed by atoms with Gasteiger partial charge >= 0.3 is 0 Å². The molecule has 5 heteroatoms. The quantitative estimate of drug-likeness (QED) is 0.537.